The van der Waals surface area contributed by atoms with Crippen LogP contribution in [-0.2, 0) is 0 Å². The highest BCUT2D eigenvalue weighted by molar-refractivity contribution is 8.03. The molecule has 0 radical (unpaired) electrons. The predicted molar refractivity (Wildman–Crippen MR) is 94.2 cm³/mol. The maximum absolute atomic E-state index is 4.33. The summed E-state index contributed by atoms with van der Waals surface area (Å²) in [7, 11) is 0. The molecule has 0 aromatic carbocycles. The van der Waals surface area contributed by atoms with Crippen molar-refractivity contribution >= 4 is 23.5 Å². The van der Waals surface area contributed by atoms with Crippen LogP contribution in [0.2, 0.25) is 0 Å². The molecule has 0 aromatic rings. The second kappa shape index (κ2) is 12.0. The lowest BCUT2D eigenvalue weighted by atomic mass is 10.0. The Morgan fingerprint density at radius 2 is 1.68 bits per heavy atom. The minimum atomic E-state index is 1.21. The number of hydrogen-bond donors (Lipinski definition) is 0. The van der Waals surface area contributed by atoms with E-state index in [2.05, 4.69) is 18.9 Å². The molecular weight excluding hydrogens is 268 g/mol. The van der Waals surface area contributed by atoms with Crippen molar-refractivity contribution in [2.45, 2.75) is 64.2 Å². The fourth-order valence-corrected chi connectivity index (χ4v) is 4.08. The summed E-state index contributed by atoms with van der Waals surface area (Å²) in [6.45, 7) is 4.33. The standard InChI is InChI=1S/C17H30S2/c1-16-12-9-7-5-3-4-6-8-10-13-17(16)19-15-11-14-18-2/h13H,1,3-12,14-15H2,2H3/b17-13+. The van der Waals surface area contributed by atoms with Gasteiger partial charge in [0.2, 0.25) is 0 Å². The zero-order valence-corrected chi connectivity index (χ0v) is 14.2. The van der Waals surface area contributed by atoms with Crippen molar-refractivity contribution in [2.24, 2.45) is 0 Å². The molecule has 110 valence electrons. The van der Waals surface area contributed by atoms with E-state index in [1.165, 1.54) is 86.2 Å². The SMILES string of the molecule is C=C1CCCCCCCCC/C=C\1SCCCSC. The maximum atomic E-state index is 4.33. The first kappa shape index (κ1) is 17.2. The maximum Gasteiger partial charge on any atom is 0.00581 e. The van der Waals surface area contributed by atoms with Crippen molar-refractivity contribution in [1.29, 1.82) is 0 Å². The quantitative estimate of drug-likeness (QED) is 0.536. The van der Waals surface area contributed by atoms with Gasteiger partial charge in [-0.1, -0.05) is 44.8 Å². The fraction of sp³-hybridized carbons (Fsp3) is 0.765. The Balaban J connectivity index is 2.42. The van der Waals surface area contributed by atoms with Gasteiger partial charge in [-0.05, 0) is 55.4 Å². The third kappa shape index (κ3) is 8.86. The molecular formula is C17H30S2. The molecule has 19 heavy (non-hydrogen) atoms. The lowest BCUT2D eigenvalue weighted by Gasteiger charge is -2.12. The molecule has 1 aliphatic carbocycles. The van der Waals surface area contributed by atoms with Gasteiger partial charge in [-0.25, -0.2) is 0 Å². The van der Waals surface area contributed by atoms with Gasteiger partial charge in [-0.2, -0.15) is 11.8 Å². The molecule has 0 atom stereocenters. The highest BCUT2D eigenvalue weighted by atomic mass is 32.2. The smallest absolute Gasteiger partial charge is 0.00581 e. The Morgan fingerprint density at radius 3 is 2.42 bits per heavy atom. The third-order valence-electron chi connectivity index (χ3n) is 3.61. The second-order valence-corrected chi connectivity index (χ2v) is 7.50. The van der Waals surface area contributed by atoms with Crippen molar-refractivity contribution in [3.63, 3.8) is 0 Å². The summed E-state index contributed by atoms with van der Waals surface area (Å²) in [5, 5.41) is 0. The molecule has 0 aliphatic heterocycles. The Kier molecular flexibility index (Phi) is 10.8. The number of rotatable bonds is 5. The van der Waals surface area contributed by atoms with Gasteiger partial charge in [0.15, 0.2) is 0 Å². The molecule has 0 saturated carbocycles. The van der Waals surface area contributed by atoms with Crippen LogP contribution >= 0.6 is 23.5 Å². The Morgan fingerprint density at radius 1 is 1.00 bits per heavy atom. The fourth-order valence-electron chi connectivity index (χ4n) is 2.41. The van der Waals surface area contributed by atoms with Crippen molar-refractivity contribution in [1.82, 2.24) is 0 Å². The first-order valence-corrected chi connectivity index (χ1v) is 10.2. The lowest BCUT2D eigenvalue weighted by molar-refractivity contribution is 0.579. The Hall–Kier alpha value is 0.180. The van der Waals surface area contributed by atoms with Crippen LogP contribution in [0.1, 0.15) is 64.2 Å². The molecule has 0 unspecified atom stereocenters. The summed E-state index contributed by atoms with van der Waals surface area (Å²) >= 11 is 4.00. The van der Waals surface area contributed by atoms with Crippen molar-refractivity contribution < 1.29 is 0 Å². The van der Waals surface area contributed by atoms with E-state index in [9.17, 15) is 0 Å². The van der Waals surface area contributed by atoms with Gasteiger partial charge < -0.3 is 0 Å². The normalized spacial score (nSPS) is 22.2. The molecule has 0 aromatic heterocycles. The van der Waals surface area contributed by atoms with E-state index in [1.807, 2.05) is 23.5 Å². The zero-order chi connectivity index (χ0) is 13.8. The van der Waals surface area contributed by atoms with E-state index in [1.54, 1.807) is 0 Å². The molecule has 0 nitrogen and oxygen atoms in total. The van der Waals surface area contributed by atoms with Crippen LogP contribution in [-0.4, -0.2) is 17.8 Å². The van der Waals surface area contributed by atoms with Crippen molar-refractivity contribution in [2.75, 3.05) is 17.8 Å². The van der Waals surface area contributed by atoms with E-state index in [0.717, 1.165) is 0 Å². The van der Waals surface area contributed by atoms with Crippen molar-refractivity contribution in [3.05, 3.63) is 23.1 Å². The monoisotopic (exact) mass is 298 g/mol. The predicted octanol–water partition coefficient (Wildman–Crippen LogP) is 6.44. The molecule has 0 spiro atoms. The van der Waals surface area contributed by atoms with Crippen LogP contribution in [0.4, 0.5) is 0 Å². The zero-order valence-electron chi connectivity index (χ0n) is 12.6. The highest BCUT2D eigenvalue weighted by Gasteiger charge is 2.05. The van der Waals surface area contributed by atoms with Gasteiger partial charge in [-0.15, -0.1) is 11.8 Å². The Labute approximate surface area is 128 Å². The molecule has 1 aliphatic rings. The summed E-state index contributed by atoms with van der Waals surface area (Å²) in [4.78, 5) is 1.50. The first-order chi connectivity index (χ1) is 9.34. The summed E-state index contributed by atoms with van der Waals surface area (Å²) < 4.78 is 0. The van der Waals surface area contributed by atoms with E-state index < -0.39 is 0 Å². The first-order valence-electron chi connectivity index (χ1n) is 7.84. The van der Waals surface area contributed by atoms with Crippen molar-refractivity contribution in [3.8, 4) is 0 Å². The van der Waals surface area contributed by atoms with Gasteiger partial charge in [-0.3, -0.25) is 0 Å². The molecule has 0 saturated heterocycles. The minimum Gasteiger partial charge on any atom is -0.165 e. The molecule has 2 heteroatoms. The number of allylic oxidation sites excluding steroid dienone is 2. The van der Waals surface area contributed by atoms with E-state index in [4.69, 9.17) is 0 Å². The van der Waals surface area contributed by atoms with Gasteiger partial charge in [0.1, 0.15) is 0 Å². The summed E-state index contributed by atoms with van der Waals surface area (Å²) in [5.74, 6) is 2.54. The largest absolute Gasteiger partial charge is 0.165 e. The second-order valence-electron chi connectivity index (χ2n) is 5.38. The van der Waals surface area contributed by atoms with E-state index in [-0.39, 0.29) is 0 Å². The molecule has 0 bridgehead atoms. The van der Waals surface area contributed by atoms with Crippen LogP contribution in [0.15, 0.2) is 23.1 Å². The molecule has 0 heterocycles. The average Bonchev–Trinajstić information content (AvgIpc) is 2.41. The van der Waals surface area contributed by atoms with E-state index >= 15 is 0 Å². The minimum absolute atomic E-state index is 1.21. The lowest BCUT2D eigenvalue weighted by Crippen LogP contribution is -1.92. The average molecular weight is 299 g/mol. The molecule has 0 amide bonds. The van der Waals surface area contributed by atoms with Gasteiger partial charge in [0.25, 0.3) is 0 Å². The molecule has 0 fully saturated rings. The molecule has 0 N–H and O–H groups in total. The Bertz CT molecular complexity index is 268. The van der Waals surface area contributed by atoms with E-state index in [0.29, 0.717) is 0 Å². The summed E-state index contributed by atoms with van der Waals surface area (Å²) in [6, 6.07) is 0. The van der Waals surface area contributed by atoms with Crippen LogP contribution in [0.3, 0.4) is 0 Å². The van der Waals surface area contributed by atoms with Gasteiger partial charge >= 0.3 is 0 Å². The van der Waals surface area contributed by atoms with Crippen LogP contribution in [0.5, 0.6) is 0 Å². The van der Waals surface area contributed by atoms with Crippen LogP contribution in [0.25, 0.3) is 0 Å². The third-order valence-corrected chi connectivity index (χ3v) is 5.57. The topological polar surface area (TPSA) is 0 Å². The van der Waals surface area contributed by atoms with Gasteiger partial charge in [0.05, 0.1) is 0 Å². The molecule has 1 rings (SSSR count). The summed E-state index contributed by atoms with van der Waals surface area (Å²) in [6.07, 6.45) is 18.2. The summed E-state index contributed by atoms with van der Waals surface area (Å²) in [5.41, 5.74) is 1.40. The van der Waals surface area contributed by atoms with Crippen LogP contribution in [0, 0.1) is 0 Å². The van der Waals surface area contributed by atoms with Gasteiger partial charge in [0, 0.05) is 4.91 Å². The van der Waals surface area contributed by atoms with Crippen LogP contribution < -0.4 is 0 Å². The number of thioether (sulfide) groups is 2. The number of hydrogen-bond acceptors (Lipinski definition) is 2. The highest BCUT2D eigenvalue weighted by Crippen LogP contribution is 2.29.